The molecule has 108 valence electrons. The van der Waals surface area contributed by atoms with Gasteiger partial charge < -0.3 is 0 Å². The summed E-state index contributed by atoms with van der Waals surface area (Å²) in [6.45, 7) is 17.3. The molecule has 0 aromatic carbocycles. The van der Waals surface area contributed by atoms with Gasteiger partial charge in [0, 0.05) is 12.4 Å². The van der Waals surface area contributed by atoms with Crippen molar-refractivity contribution in [3.8, 4) is 0 Å². The van der Waals surface area contributed by atoms with Crippen molar-refractivity contribution in [3.05, 3.63) is 30.6 Å². The quantitative estimate of drug-likeness (QED) is 0.610. The van der Waals surface area contributed by atoms with Crippen LogP contribution in [0.15, 0.2) is 30.6 Å². The third-order valence-corrected chi connectivity index (χ3v) is 2.20. The number of pyridine rings is 1. The van der Waals surface area contributed by atoms with Gasteiger partial charge in [-0.3, -0.25) is 4.98 Å². The molecular formula is C17H35N. The summed E-state index contributed by atoms with van der Waals surface area (Å²) >= 11 is 0. The summed E-state index contributed by atoms with van der Waals surface area (Å²) in [5, 5.41) is 0. The van der Waals surface area contributed by atoms with Crippen molar-refractivity contribution in [2.24, 2.45) is 11.8 Å². The van der Waals surface area contributed by atoms with E-state index in [0.29, 0.717) is 0 Å². The number of aromatic nitrogens is 1. The summed E-state index contributed by atoms with van der Waals surface area (Å²) in [5.41, 5.74) is 0. The second kappa shape index (κ2) is 21.4. The predicted octanol–water partition coefficient (Wildman–Crippen LogP) is 6.21. The number of rotatable bonds is 2. The van der Waals surface area contributed by atoms with E-state index in [2.05, 4.69) is 46.5 Å². The molecule has 0 atom stereocenters. The van der Waals surface area contributed by atoms with Crippen LogP contribution in [0, 0.1) is 11.8 Å². The van der Waals surface area contributed by atoms with Gasteiger partial charge in [-0.15, -0.1) is 0 Å². The van der Waals surface area contributed by atoms with Crippen molar-refractivity contribution < 1.29 is 0 Å². The van der Waals surface area contributed by atoms with Gasteiger partial charge >= 0.3 is 0 Å². The lowest BCUT2D eigenvalue weighted by molar-refractivity contribution is 0.626. The summed E-state index contributed by atoms with van der Waals surface area (Å²) < 4.78 is 0. The van der Waals surface area contributed by atoms with Crippen LogP contribution in [0.3, 0.4) is 0 Å². The normalized spacial score (nSPS) is 8.33. The summed E-state index contributed by atoms with van der Waals surface area (Å²) in [6, 6.07) is 5.72. The molecule has 0 spiro atoms. The van der Waals surface area contributed by atoms with Gasteiger partial charge in [0.1, 0.15) is 0 Å². The molecule has 1 aromatic rings. The molecule has 0 radical (unpaired) electrons. The Kier molecular flexibility index (Phi) is 26.6. The van der Waals surface area contributed by atoms with E-state index in [1.165, 1.54) is 12.8 Å². The Morgan fingerprint density at radius 3 is 1.06 bits per heavy atom. The second-order valence-corrected chi connectivity index (χ2v) is 4.63. The van der Waals surface area contributed by atoms with Gasteiger partial charge in [0.25, 0.3) is 0 Å². The van der Waals surface area contributed by atoms with Crippen LogP contribution in [0.4, 0.5) is 0 Å². The lowest BCUT2D eigenvalue weighted by Gasteiger charge is -1.90. The highest BCUT2D eigenvalue weighted by Crippen LogP contribution is 1.94. The largest absolute Gasteiger partial charge is 0.265 e. The fourth-order valence-electron chi connectivity index (χ4n) is 0.313. The van der Waals surface area contributed by atoms with Crippen LogP contribution in [-0.2, 0) is 0 Å². The predicted molar refractivity (Wildman–Crippen MR) is 85.8 cm³/mol. The molecule has 0 N–H and O–H groups in total. The van der Waals surface area contributed by atoms with Crippen molar-refractivity contribution in [1.82, 2.24) is 4.98 Å². The first-order chi connectivity index (χ1) is 8.54. The Balaban J connectivity index is -0.000000177. The summed E-state index contributed by atoms with van der Waals surface area (Å²) in [6.07, 6.45) is 6.11. The van der Waals surface area contributed by atoms with Gasteiger partial charge in [-0.1, -0.05) is 74.3 Å². The van der Waals surface area contributed by atoms with Gasteiger partial charge in [-0.25, -0.2) is 0 Å². The van der Waals surface area contributed by atoms with Crippen LogP contribution >= 0.6 is 0 Å². The van der Waals surface area contributed by atoms with E-state index in [9.17, 15) is 0 Å². The van der Waals surface area contributed by atoms with E-state index >= 15 is 0 Å². The Bertz CT molecular complexity index is 157. The Morgan fingerprint density at radius 1 is 0.722 bits per heavy atom. The molecule has 0 amide bonds. The molecule has 0 saturated carbocycles. The smallest absolute Gasteiger partial charge is 0.0267 e. The maximum atomic E-state index is 3.78. The lowest BCUT2D eigenvalue weighted by Crippen LogP contribution is -1.77. The summed E-state index contributed by atoms with van der Waals surface area (Å²) in [4.78, 5) is 3.78. The molecule has 1 nitrogen and oxygen atoms in total. The molecule has 18 heavy (non-hydrogen) atoms. The van der Waals surface area contributed by atoms with Gasteiger partial charge in [0.15, 0.2) is 0 Å². The van der Waals surface area contributed by atoms with Crippen LogP contribution < -0.4 is 0 Å². The zero-order valence-corrected chi connectivity index (χ0v) is 13.9. The number of hydrogen-bond donors (Lipinski definition) is 0. The van der Waals surface area contributed by atoms with Crippen LogP contribution in [0.5, 0.6) is 0 Å². The standard InChI is InChI=1S/C5H5N.2C5H12.C2H6/c1-2-4-6-5-3-1;2*1-4-5(2)3;1-2/h1-5H;2*5H,4H2,1-3H3;1-2H3. The molecule has 0 saturated heterocycles. The van der Waals surface area contributed by atoms with Gasteiger partial charge in [-0.2, -0.15) is 0 Å². The van der Waals surface area contributed by atoms with E-state index in [1.807, 2.05) is 32.0 Å². The van der Waals surface area contributed by atoms with E-state index in [0.717, 1.165) is 11.8 Å². The zero-order valence-electron chi connectivity index (χ0n) is 13.9. The second-order valence-electron chi connectivity index (χ2n) is 4.63. The van der Waals surface area contributed by atoms with Gasteiger partial charge in [-0.05, 0) is 24.0 Å². The van der Waals surface area contributed by atoms with Crippen LogP contribution in [0.1, 0.15) is 68.2 Å². The first kappa shape index (κ1) is 22.3. The van der Waals surface area contributed by atoms with Gasteiger partial charge in [0.05, 0.1) is 0 Å². The minimum absolute atomic E-state index is 0.884. The maximum Gasteiger partial charge on any atom is 0.0267 e. The molecule has 0 aliphatic carbocycles. The molecule has 0 aliphatic rings. The molecule has 0 aliphatic heterocycles. The zero-order chi connectivity index (χ0) is 14.8. The molecule has 0 unspecified atom stereocenters. The first-order valence-electron chi connectivity index (χ1n) is 7.39. The fourth-order valence-corrected chi connectivity index (χ4v) is 0.313. The molecule has 0 fully saturated rings. The SMILES string of the molecule is CC.CCC(C)C.CCC(C)C.c1ccncc1. The molecular weight excluding hydrogens is 218 g/mol. The Hall–Kier alpha value is -0.850. The minimum atomic E-state index is 0.884. The fraction of sp³-hybridized carbons (Fsp3) is 0.706. The third-order valence-electron chi connectivity index (χ3n) is 2.20. The van der Waals surface area contributed by atoms with Crippen molar-refractivity contribution in [3.63, 3.8) is 0 Å². The van der Waals surface area contributed by atoms with Crippen LogP contribution in [0.25, 0.3) is 0 Å². The molecule has 0 bridgehead atoms. The van der Waals surface area contributed by atoms with Crippen molar-refractivity contribution in [2.75, 3.05) is 0 Å². The van der Waals surface area contributed by atoms with E-state index < -0.39 is 0 Å². The molecule has 1 aromatic heterocycles. The summed E-state index contributed by atoms with van der Waals surface area (Å²) in [7, 11) is 0. The highest BCUT2D eigenvalue weighted by molar-refractivity contribution is 4.88. The van der Waals surface area contributed by atoms with E-state index in [-0.39, 0.29) is 0 Å². The molecule has 1 heteroatoms. The first-order valence-corrected chi connectivity index (χ1v) is 7.39. The molecule has 1 heterocycles. The topological polar surface area (TPSA) is 12.9 Å². The average Bonchev–Trinajstić information content (AvgIpc) is 2.44. The van der Waals surface area contributed by atoms with Crippen LogP contribution in [0.2, 0.25) is 0 Å². The summed E-state index contributed by atoms with van der Waals surface area (Å²) in [5.74, 6) is 1.77. The highest BCUT2D eigenvalue weighted by atomic mass is 14.6. The number of hydrogen-bond acceptors (Lipinski definition) is 1. The maximum absolute atomic E-state index is 3.78. The third kappa shape index (κ3) is 36.2. The van der Waals surface area contributed by atoms with Crippen LogP contribution in [-0.4, -0.2) is 4.98 Å². The molecule has 1 rings (SSSR count). The Morgan fingerprint density at radius 2 is 1.00 bits per heavy atom. The highest BCUT2D eigenvalue weighted by Gasteiger charge is 1.80. The van der Waals surface area contributed by atoms with E-state index in [4.69, 9.17) is 0 Å². The monoisotopic (exact) mass is 253 g/mol. The van der Waals surface area contributed by atoms with Gasteiger partial charge in [0.2, 0.25) is 0 Å². The van der Waals surface area contributed by atoms with Crippen molar-refractivity contribution >= 4 is 0 Å². The Labute approximate surface area is 116 Å². The van der Waals surface area contributed by atoms with E-state index in [1.54, 1.807) is 12.4 Å². The van der Waals surface area contributed by atoms with Crippen molar-refractivity contribution in [1.29, 1.82) is 0 Å². The minimum Gasteiger partial charge on any atom is -0.265 e. The lowest BCUT2D eigenvalue weighted by atomic mass is 10.2. The average molecular weight is 253 g/mol. The van der Waals surface area contributed by atoms with Crippen molar-refractivity contribution in [2.45, 2.75) is 68.2 Å². The number of nitrogens with zero attached hydrogens (tertiary/aromatic N) is 1.